The van der Waals surface area contributed by atoms with Crippen molar-refractivity contribution in [2.75, 3.05) is 0 Å². The van der Waals surface area contributed by atoms with Crippen LogP contribution in [0, 0.1) is 0 Å². The van der Waals surface area contributed by atoms with Crippen molar-refractivity contribution < 1.29 is 13.9 Å². The lowest BCUT2D eigenvalue weighted by molar-refractivity contribution is -0.153. The van der Waals surface area contributed by atoms with Crippen molar-refractivity contribution >= 4 is 5.97 Å². The molecule has 0 heterocycles. The van der Waals surface area contributed by atoms with Crippen LogP contribution < -0.4 is 0 Å². The van der Waals surface area contributed by atoms with Gasteiger partial charge in [0.15, 0.2) is 0 Å². The number of hydrogen-bond donors (Lipinski definition) is 0. The van der Waals surface area contributed by atoms with Gasteiger partial charge in [0.2, 0.25) is 6.36 Å². The number of carbonyl (C=O) groups is 1. The standard InChI is InChI=1S/C16H29FO2/c1-4-6-8-9-10-11-12-14(3)16(18)19-15(17)13-7-5-2/h15H,3-13H2,1-2H3. The van der Waals surface area contributed by atoms with E-state index in [0.717, 1.165) is 25.7 Å². The second-order valence-electron chi connectivity index (χ2n) is 5.08. The van der Waals surface area contributed by atoms with Crippen molar-refractivity contribution in [3.8, 4) is 0 Å². The molecule has 3 heteroatoms. The van der Waals surface area contributed by atoms with E-state index >= 15 is 0 Å². The lowest BCUT2D eigenvalue weighted by Gasteiger charge is -2.10. The molecular formula is C16H29FO2. The van der Waals surface area contributed by atoms with Gasteiger partial charge in [0.25, 0.3) is 0 Å². The summed E-state index contributed by atoms with van der Waals surface area (Å²) in [6, 6.07) is 0. The third kappa shape index (κ3) is 10.7. The van der Waals surface area contributed by atoms with E-state index in [0.29, 0.717) is 12.0 Å². The van der Waals surface area contributed by atoms with Crippen molar-refractivity contribution in [3.05, 3.63) is 12.2 Å². The molecule has 0 spiro atoms. The number of alkyl halides is 1. The molecule has 1 atom stereocenters. The molecule has 0 N–H and O–H groups in total. The van der Waals surface area contributed by atoms with Crippen LogP contribution in [0.4, 0.5) is 4.39 Å². The molecule has 0 bridgehead atoms. The number of esters is 1. The number of rotatable bonds is 12. The summed E-state index contributed by atoms with van der Waals surface area (Å²) in [5.41, 5.74) is 0.398. The van der Waals surface area contributed by atoms with Gasteiger partial charge in [-0.15, -0.1) is 0 Å². The maximum absolute atomic E-state index is 13.2. The van der Waals surface area contributed by atoms with Crippen LogP contribution in [0.25, 0.3) is 0 Å². The summed E-state index contributed by atoms with van der Waals surface area (Å²) in [4.78, 5) is 11.5. The van der Waals surface area contributed by atoms with Gasteiger partial charge >= 0.3 is 5.97 Å². The molecule has 0 rings (SSSR count). The highest BCUT2D eigenvalue weighted by atomic mass is 19.1. The van der Waals surface area contributed by atoms with E-state index in [-0.39, 0.29) is 6.42 Å². The summed E-state index contributed by atoms with van der Waals surface area (Å²) in [5.74, 6) is -0.572. The zero-order chi connectivity index (χ0) is 14.5. The Morgan fingerprint density at radius 2 is 1.63 bits per heavy atom. The SMILES string of the molecule is C=C(CCCCCCCC)C(=O)OC(F)CCCC. The molecule has 0 fully saturated rings. The van der Waals surface area contributed by atoms with Gasteiger partial charge in [-0.3, -0.25) is 0 Å². The molecule has 1 unspecified atom stereocenters. The Kier molecular flexibility index (Phi) is 11.6. The number of ether oxygens (including phenoxy) is 1. The Balaban J connectivity index is 3.61. The Bertz CT molecular complexity index is 251. The molecule has 0 aromatic heterocycles. The second-order valence-corrected chi connectivity index (χ2v) is 5.08. The molecule has 2 nitrogen and oxygen atoms in total. The van der Waals surface area contributed by atoms with Gasteiger partial charge in [-0.1, -0.05) is 59.0 Å². The van der Waals surface area contributed by atoms with E-state index < -0.39 is 12.3 Å². The topological polar surface area (TPSA) is 26.3 Å². The van der Waals surface area contributed by atoms with Gasteiger partial charge in [-0.25, -0.2) is 9.18 Å². The Labute approximate surface area is 117 Å². The van der Waals surface area contributed by atoms with Gasteiger partial charge in [-0.05, 0) is 19.3 Å². The molecule has 19 heavy (non-hydrogen) atoms. The van der Waals surface area contributed by atoms with Crippen molar-refractivity contribution in [3.63, 3.8) is 0 Å². The fourth-order valence-corrected chi connectivity index (χ4v) is 1.84. The van der Waals surface area contributed by atoms with Crippen LogP contribution in [0.3, 0.4) is 0 Å². The van der Waals surface area contributed by atoms with Crippen LogP contribution in [0.1, 0.15) is 78.1 Å². The first kappa shape index (κ1) is 18.1. The summed E-state index contributed by atoms with van der Waals surface area (Å²) < 4.78 is 17.9. The van der Waals surface area contributed by atoms with Crippen LogP contribution in [-0.2, 0) is 9.53 Å². The molecule has 112 valence electrons. The molecule has 0 aromatic rings. The number of unbranched alkanes of at least 4 members (excludes halogenated alkanes) is 6. The lowest BCUT2D eigenvalue weighted by Crippen LogP contribution is -2.15. The Morgan fingerprint density at radius 3 is 2.26 bits per heavy atom. The van der Waals surface area contributed by atoms with Gasteiger partial charge < -0.3 is 4.74 Å². The summed E-state index contributed by atoms with van der Waals surface area (Å²) in [6.07, 6.45) is 8.03. The van der Waals surface area contributed by atoms with Crippen molar-refractivity contribution in [1.82, 2.24) is 0 Å². The van der Waals surface area contributed by atoms with Crippen LogP contribution >= 0.6 is 0 Å². The smallest absolute Gasteiger partial charge is 0.335 e. The molecular weight excluding hydrogens is 243 g/mol. The van der Waals surface area contributed by atoms with Gasteiger partial charge in [0, 0.05) is 12.0 Å². The highest BCUT2D eigenvalue weighted by Gasteiger charge is 2.14. The van der Waals surface area contributed by atoms with E-state index in [1.165, 1.54) is 25.7 Å². The minimum absolute atomic E-state index is 0.284. The fraction of sp³-hybridized carbons (Fsp3) is 0.812. The third-order valence-electron chi connectivity index (χ3n) is 3.14. The van der Waals surface area contributed by atoms with Crippen molar-refractivity contribution in [1.29, 1.82) is 0 Å². The molecule has 0 aliphatic heterocycles. The quantitative estimate of drug-likeness (QED) is 0.273. The van der Waals surface area contributed by atoms with Crippen LogP contribution in [-0.4, -0.2) is 12.3 Å². The maximum atomic E-state index is 13.2. The van der Waals surface area contributed by atoms with Gasteiger partial charge in [-0.2, -0.15) is 0 Å². The minimum atomic E-state index is -1.48. The van der Waals surface area contributed by atoms with Gasteiger partial charge in [0.1, 0.15) is 0 Å². The molecule has 0 saturated heterocycles. The van der Waals surface area contributed by atoms with E-state index in [1.54, 1.807) is 0 Å². The first-order chi connectivity index (χ1) is 9.11. The van der Waals surface area contributed by atoms with E-state index in [9.17, 15) is 9.18 Å². The predicted octanol–water partition coefficient (Wildman–Crippen LogP) is 5.32. The summed E-state index contributed by atoms with van der Waals surface area (Å²) in [7, 11) is 0. The van der Waals surface area contributed by atoms with Crippen molar-refractivity contribution in [2.24, 2.45) is 0 Å². The predicted molar refractivity (Wildman–Crippen MR) is 77.6 cm³/mol. The number of carbonyl (C=O) groups excluding carboxylic acids is 1. The van der Waals surface area contributed by atoms with E-state index in [1.807, 2.05) is 6.92 Å². The second kappa shape index (κ2) is 12.2. The monoisotopic (exact) mass is 272 g/mol. The summed E-state index contributed by atoms with van der Waals surface area (Å²) >= 11 is 0. The van der Waals surface area contributed by atoms with Crippen LogP contribution in [0.5, 0.6) is 0 Å². The first-order valence-electron chi connectivity index (χ1n) is 7.64. The zero-order valence-electron chi connectivity index (χ0n) is 12.5. The largest absolute Gasteiger partial charge is 0.428 e. The Morgan fingerprint density at radius 1 is 1.05 bits per heavy atom. The minimum Gasteiger partial charge on any atom is -0.428 e. The first-order valence-corrected chi connectivity index (χ1v) is 7.64. The molecule has 0 aliphatic carbocycles. The van der Waals surface area contributed by atoms with E-state index in [4.69, 9.17) is 4.74 Å². The highest BCUT2D eigenvalue weighted by Crippen LogP contribution is 2.14. The molecule has 0 aliphatic rings. The third-order valence-corrected chi connectivity index (χ3v) is 3.14. The lowest BCUT2D eigenvalue weighted by atomic mass is 10.1. The van der Waals surface area contributed by atoms with Crippen molar-refractivity contribution in [2.45, 2.75) is 84.4 Å². The average Bonchev–Trinajstić information content (AvgIpc) is 2.40. The van der Waals surface area contributed by atoms with Gasteiger partial charge in [0.05, 0.1) is 0 Å². The summed E-state index contributed by atoms with van der Waals surface area (Å²) in [6.45, 7) is 7.84. The molecule has 0 radical (unpaired) electrons. The summed E-state index contributed by atoms with van der Waals surface area (Å²) in [5, 5.41) is 0. The average molecular weight is 272 g/mol. The highest BCUT2D eigenvalue weighted by molar-refractivity contribution is 5.87. The molecule has 0 saturated carbocycles. The van der Waals surface area contributed by atoms with Crippen LogP contribution in [0.15, 0.2) is 12.2 Å². The molecule has 0 aromatic carbocycles. The van der Waals surface area contributed by atoms with Crippen LogP contribution in [0.2, 0.25) is 0 Å². The number of halogens is 1. The zero-order valence-corrected chi connectivity index (χ0v) is 12.5. The molecule has 0 amide bonds. The normalized spacial score (nSPS) is 12.2. The number of hydrogen-bond acceptors (Lipinski definition) is 2. The van der Waals surface area contributed by atoms with E-state index in [2.05, 4.69) is 13.5 Å². The maximum Gasteiger partial charge on any atom is 0.335 e. The Hall–Kier alpha value is -0.860. The fourth-order valence-electron chi connectivity index (χ4n) is 1.84.